The van der Waals surface area contributed by atoms with E-state index in [1.165, 1.54) is 36.4 Å². The van der Waals surface area contributed by atoms with Crippen LogP contribution in [0, 0.1) is 0 Å². The van der Waals surface area contributed by atoms with E-state index in [0.717, 1.165) is 6.42 Å². The number of halogens is 3. The summed E-state index contributed by atoms with van der Waals surface area (Å²) < 4.78 is 69.8. The summed E-state index contributed by atoms with van der Waals surface area (Å²) >= 11 is 0. The van der Waals surface area contributed by atoms with Gasteiger partial charge in [0.25, 0.3) is 5.91 Å². The van der Waals surface area contributed by atoms with Crippen LogP contribution >= 0.6 is 0 Å². The van der Waals surface area contributed by atoms with Crippen molar-refractivity contribution in [2.75, 3.05) is 18.5 Å². The molecule has 2 aromatic carbocycles. The molecule has 0 aliphatic carbocycles. The van der Waals surface area contributed by atoms with E-state index >= 15 is 0 Å². The predicted molar refractivity (Wildman–Crippen MR) is 106 cm³/mol. The average Bonchev–Trinajstić information content (AvgIpc) is 2.68. The summed E-state index contributed by atoms with van der Waals surface area (Å²) in [6, 6.07) is 13.2. The number of nitrogens with one attached hydrogen (secondary N) is 2. The van der Waals surface area contributed by atoms with Crippen LogP contribution in [0.1, 0.15) is 31.4 Å². The number of sulfonamides is 1. The summed E-state index contributed by atoms with van der Waals surface area (Å²) in [5, 5.41) is 2.43. The Bertz CT molecular complexity index is 935. The molecule has 0 aromatic heterocycles. The van der Waals surface area contributed by atoms with E-state index in [1.807, 2.05) is 6.92 Å². The van der Waals surface area contributed by atoms with E-state index in [4.69, 9.17) is 4.74 Å². The topological polar surface area (TPSA) is 84.5 Å². The first kappa shape index (κ1) is 23.8. The highest BCUT2D eigenvalue weighted by Gasteiger charge is 2.32. The average molecular weight is 444 g/mol. The van der Waals surface area contributed by atoms with Crippen LogP contribution in [0.15, 0.2) is 59.5 Å². The summed E-state index contributed by atoms with van der Waals surface area (Å²) in [6.45, 7) is 0.598. The van der Waals surface area contributed by atoms with Gasteiger partial charge < -0.3 is 10.1 Å². The third-order valence-corrected chi connectivity index (χ3v) is 5.45. The lowest BCUT2D eigenvalue weighted by Gasteiger charge is -2.19. The van der Waals surface area contributed by atoms with Crippen LogP contribution in [0.25, 0.3) is 0 Å². The number of hydrogen-bond donors (Lipinski definition) is 2. The molecular weight excluding hydrogens is 421 g/mol. The fourth-order valence-electron chi connectivity index (χ4n) is 2.54. The second-order valence-electron chi connectivity index (χ2n) is 6.49. The van der Waals surface area contributed by atoms with Gasteiger partial charge in [-0.05, 0) is 30.2 Å². The molecule has 0 fully saturated rings. The standard InChI is InChI=1S/C20H23F3N2O4S/c1-2-3-12-24-30(27,28)17-11-7-10-16(13-17)25-19(26)18(29-14-20(21,22)23)15-8-5-4-6-9-15/h4-11,13,18,24H,2-3,12,14H2,1H3,(H,25,26). The maximum absolute atomic E-state index is 12.6. The Labute approximate surface area is 173 Å². The van der Waals surface area contributed by atoms with Crippen LogP contribution in [-0.4, -0.2) is 33.7 Å². The number of ether oxygens (including phenoxy) is 1. The van der Waals surface area contributed by atoms with Crippen LogP contribution in [0.4, 0.5) is 18.9 Å². The Morgan fingerprint density at radius 3 is 2.43 bits per heavy atom. The molecule has 0 spiro atoms. The first-order valence-corrected chi connectivity index (χ1v) is 10.7. The first-order valence-electron chi connectivity index (χ1n) is 9.26. The third-order valence-electron chi connectivity index (χ3n) is 3.99. The SMILES string of the molecule is CCCCNS(=O)(=O)c1cccc(NC(=O)C(OCC(F)(F)F)c2ccccc2)c1. The van der Waals surface area contributed by atoms with E-state index in [2.05, 4.69) is 10.0 Å². The summed E-state index contributed by atoms with van der Waals surface area (Å²) in [4.78, 5) is 12.6. The van der Waals surface area contributed by atoms with Gasteiger partial charge in [-0.25, -0.2) is 13.1 Å². The molecule has 0 saturated carbocycles. The second kappa shape index (κ2) is 10.6. The van der Waals surface area contributed by atoms with Gasteiger partial charge in [0.15, 0.2) is 6.10 Å². The van der Waals surface area contributed by atoms with E-state index in [1.54, 1.807) is 18.2 Å². The van der Waals surface area contributed by atoms with E-state index in [9.17, 15) is 26.4 Å². The molecule has 0 radical (unpaired) electrons. The molecule has 1 unspecified atom stereocenters. The number of carbonyl (C=O) groups is 1. The van der Waals surface area contributed by atoms with Crippen molar-refractivity contribution in [3.8, 4) is 0 Å². The molecular formula is C20H23F3N2O4S. The monoisotopic (exact) mass is 444 g/mol. The Kier molecular flexibility index (Phi) is 8.39. The summed E-state index contributed by atoms with van der Waals surface area (Å²) in [6.07, 6.45) is -4.64. The van der Waals surface area contributed by atoms with Crippen molar-refractivity contribution in [3.63, 3.8) is 0 Å². The van der Waals surface area contributed by atoms with Crippen molar-refractivity contribution >= 4 is 21.6 Å². The molecule has 164 valence electrons. The second-order valence-corrected chi connectivity index (χ2v) is 8.25. The number of amides is 1. The normalized spacial score (nSPS) is 13.1. The maximum Gasteiger partial charge on any atom is 0.411 e. The van der Waals surface area contributed by atoms with Crippen molar-refractivity contribution in [2.24, 2.45) is 0 Å². The van der Waals surface area contributed by atoms with E-state index < -0.39 is 34.8 Å². The van der Waals surface area contributed by atoms with Gasteiger partial charge in [0.05, 0.1) is 4.90 Å². The van der Waals surface area contributed by atoms with Gasteiger partial charge in [-0.1, -0.05) is 49.7 Å². The van der Waals surface area contributed by atoms with Crippen molar-refractivity contribution in [2.45, 2.75) is 36.9 Å². The Morgan fingerprint density at radius 1 is 1.10 bits per heavy atom. The number of alkyl halides is 3. The number of rotatable bonds is 10. The Balaban J connectivity index is 2.19. The molecule has 1 atom stereocenters. The summed E-state index contributed by atoms with van der Waals surface area (Å²) in [5.74, 6) is -0.848. The highest BCUT2D eigenvalue weighted by molar-refractivity contribution is 7.89. The highest BCUT2D eigenvalue weighted by Crippen LogP contribution is 2.25. The van der Waals surface area contributed by atoms with Gasteiger partial charge in [0.2, 0.25) is 10.0 Å². The Hall–Kier alpha value is -2.43. The van der Waals surface area contributed by atoms with Crippen LogP contribution in [0.2, 0.25) is 0 Å². The lowest BCUT2D eigenvalue weighted by atomic mass is 10.1. The smallest absolute Gasteiger partial charge is 0.354 e. The van der Waals surface area contributed by atoms with Crippen molar-refractivity contribution < 1.29 is 31.1 Å². The maximum atomic E-state index is 12.6. The summed E-state index contributed by atoms with van der Waals surface area (Å²) in [7, 11) is -3.77. The molecule has 0 aliphatic heterocycles. The van der Waals surface area contributed by atoms with Crippen LogP contribution in [0.5, 0.6) is 0 Å². The minimum atomic E-state index is -4.61. The number of unbranched alkanes of at least 4 members (excludes halogenated alkanes) is 1. The number of benzene rings is 2. The number of hydrogen-bond acceptors (Lipinski definition) is 4. The van der Waals surface area contributed by atoms with Gasteiger partial charge in [-0.2, -0.15) is 13.2 Å². The van der Waals surface area contributed by atoms with Crippen LogP contribution < -0.4 is 10.0 Å². The molecule has 0 saturated heterocycles. The number of carbonyl (C=O) groups excluding carboxylic acids is 1. The molecule has 1 amide bonds. The quantitative estimate of drug-likeness (QED) is 0.542. The lowest BCUT2D eigenvalue weighted by molar-refractivity contribution is -0.187. The third kappa shape index (κ3) is 7.43. The minimum absolute atomic E-state index is 0.0659. The molecule has 6 nitrogen and oxygen atoms in total. The Morgan fingerprint density at radius 2 is 1.80 bits per heavy atom. The van der Waals surface area contributed by atoms with Crippen molar-refractivity contribution in [3.05, 3.63) is 60.2 Å². The molecule has 2 aromatic rings. The molecule has 0 aliphatic rings. The molecule has 0 heterocycles. The van der Waals surface area contributed by atoms with Gasteiger partial charge in [0, 0.05) is 12.2 Å². The summed E-state index contributed by atoms with van der Waals surface area (Å²) in [5.41, 5.74) is 0.360. The zero-order valence-electron chi connectivity index (χ0n) is 16.3. The van der Waals surface area contributed by atoms with Gasteiger partial charge >= 0.3 is 6.18 Å². The van der Waals surface area contributed by atoms with Crippen LogP contribution in [0.3, 0.4) is 0 Å². The minimum Gasteiger partial charge on any atom is -0.354 e. The molecule has 30 heavy (non-hydrogen) atoms. The van der Waals surface area contributed by atoms with Gasteiger partial charge in [-0.15, -0.1) is 0 Å². The predicted octanol–water partition coefficient (Wildman–Crippen LogP) is 4.02. The largest absolute Gasteiger partial charge is 0.411 e. The first-order chi connectivity index (χ1) is 14.1. The van der Waals surface area contributed by atoms with Crippen molar-refractivity contribution in [1.29, 1.82) is 0 Å². The molecule has 2 N–H and O–H groups in total. The molecule has 10 heteroatoms. The van der Waals surface area contributed by atoms with Gasteiger partial charge in [-0.3, -0.25) is 4.79 Å². The van der Waals surface area contributed by atoms with E-state index in [-0.39, 0.29) is 22.7 Å². The lowest BCUT2D eigenvalue weighted by Crippen LogP contribution is -2.28. The zero-order chi connectivity index (χ0) is 22.2. The molecule has 2 rings (SSSR count). The zero-order valence-corrected chi connectivity index (χ0v) is 17.1. The fourth-order valence-corrected chi connectivity index (χ4v) is 3.66. The number of anilines is 1. The van der Waals surface area contributed by atoms with Crippen LogP contribution in [-0.2, 0) is 19.6 Å². The van der Waals surface area contributed by atoms with Crippen molar-refractivity contribution in [1.82, 2.24) is 4.72 Å². The molecule has 0 bridgehead atoms. The van der Waals surface area contributed by atoms with Gasteiger partial charge in [0.1, 0.15) is 6.61 Å². The highest BCUT2D eigenvalue weighted by atomic mass is 32.2. The van der Waals surface area contributed by atoms with E-state index in [0.29, 0.717) is 6.42 Å². The fraction of sp³-hybridized carbons (Fsp3) is 0.350.